The minimum atomic E-state index is -0.530. The molecule has 5 rings (SSSR count). The van der Waals surface area contributed by atoms with Crippen molar-refractivity contribution in [1.29, 1.82) is 0 Å². The van der Waals surface area contributed by atoms with Crippen LogP contribution in [-0.2, 0) is 24.3 Å². The molecule has 7 heteroatoms. The second-order valence-electron chi connectivity index (χ2n) is 8.38. The molecular formula is C26H26N4O3. The zero-order valence-corrected chi connectivity index (χ0v) is 18.4. The van der Waals surface area contributed by atoms with Crippen molar-refractivity contribution in [1.82, 2.24) is 5.32 Å². The minimum absolute atomic E-state index is 0.207. The van der Waals surface area contributed by atoms with Crippen molar-refractivity contribution in [2.24, 2.45) is 0 Å². The maximum atomic E-state index is 12.3. The van der Waals surface area contributed by atoms with Gasteiger partial charge in [0.15, 0.2) is 6.10 Å². The molecule has 0 radical (unpaired) electrons. The summed E-state index contributed by atoms with van der Waals surface area (Å²) < 4.78 is 5.53. The Morgan fingerprint density at radius 1 is 1.09 bits per heavy atom. The molecule has 2 aliphatic heterocycles. The molecule has 3 N–H and O–H groups in total. The number of amides is 3. The van der Waals surface area contributed by atoms with Crippen molar-refractivity contribution in [3.63, 3.8) is 0 Å². The van der Waals surface area contributed by atoms with Crippen molar-refractivity contribution in [3.8, 4) is 5.75 Å². The normalized spacial score (nSPS) is 16.3. The van der Waals surface area contributed by atoms with Gasteiger partial charge in [-0.05, 0) is 54.3 Å². The predicted octanol–water partition coefficient (Wildman–Crippen LogP) is 4.29. The fraction of sp³-hybridized carbons (Fsp3) is 0.231. The molecule has 3 aromatic rings. The van der Waals surface area contributed by atoms with Crippen molar-refractivity contribution in [3.05, 3.63) is 83.4 Å². The van der Waals surface area contributed by atoms with E-state index in [-0.39, 0.29) is 11.9 Å². The topological polar surface area (TPSA) is 82.7 Å². The molecule has 0 fully saturated rings. The lowest BCUT2D eigenvalue weighted by Gasteiger charge is -2.23. The van der Waals surface area contributed by atoms with E-state index in [0.717, 1.165) is 25.1 Å². The highest BCUT2D eigenvalue weighted by Gasteiger charge is 2.23. The van der Waals surface area contributed by atoms with Crippen LogP contribution in [0.15, 0.2) is 66.7 Å². The van der Waals surface area contributed by atoms with Crippen LogP contribution in [0.3, 0.4) is 0 Å². The lowest BCUT2D eigenvalue weighted by atomic mass is 10.1. The Morgan fingerprint density at radius 3 is 2.73 bits per heavy atom. The third-order valence-corrected chi connectivity index (χ3v) is 6.00. The molecule has 3 aromatic carbocycles. The quantitative estimate of drug-likeness (QED) is 0.551. The number of carbonyl (C=O) groups excluding carboxylic acids is 2. The monoisotopic (exact) mass is 442 g/mol. The van der Waals surface area contributed by atoms with Gasteiger partial charge in [0, 0.05) is 31.0 Å². The van der Waals surface area contributed by atoms with Gasteiger partial charge in [-0.1, -0.05) is 42.5 Å². The smallest absolute Gasteiger partial charge is 0.319 e. The van der Waals surface area contributed by atoms with E-state index in [0.29, 0.717) is 23.7 Å². The number of hydrogen-bond donors (Lipinski definition) is 3. The molecule has 0 spiro atoms. The van der Waals surface area contributed by atoms with E-state index in [1.54, 1.807) is 25.1 Å². The number of carbonyl (C=O) groups is 2. The highest BCUT2D eigenvalue weighted by Crippen LogP contribution is 2.32. The number of anilines is 3. The first-order chi connectivity index (χ1) is 16.0. The van der Waals surface area contributed by atoms with Crippen LogP contribution in [-0.4, -0.2) is 24.6 Å². The summed E-state index contributed by atoms with van der Waals surface area (Å²) in [5, 5.41) is 8.44. The Hall–Kier alpha value is -4.00. The number of benzene rings is 3. The third kappa shape index (κ3) is 4.62. The van der Waals surface area contributed by atoms with Gasteiger partial charge < -0.3 is 25.6 Å². The van der Waals surface area contributed by atoms with Gasteiger partial charge in [0.25, 0.3) is 5.91 Å². The van der Waals surface area contributed by atoms with Crippen molar-refractivity contribution < 1.29 is 14.3 Å². The van der Waals surface area contributed by atoms with Crippen LogP contribution in [0.1, 0.15) is 23.6 Å². The van der Waals surface area contributed by atoms with Crippen LogP contribution in [0.25, 0.3) is 0 Å². The Balaban J connectivity index is 1.13. The van der Waals surface area contributed by atoms with Gasteiger partial charge in [-0.25, -0.2) is 4.79 Å². The van der Waals surface area contributed by atoms with E-state index in [4.69, 9.17) is 4.74 Å². The van der Waals surface area contributed by atoms with Crippen LogP contribution < -0.4 is 25.6 Å². The number of fused-ring (bicyclic) bond motifs is 2. The Labute approximate surface area is 192 Å². The molecule has 168 valence electrons. The fourth-order valence-electron chi connectivity index (χ4n) is 4.20. The summed E-state index contributed by atoms with van der Waals surface area (Å²) in [5.41, 5.74) is 6.12. The van der Waals surface area contributed by atoms with Crippen molar-refractivity contribution in [2.45, 2.75) is 32.5 Å². The van der Waals surface area contributed by atoms with Crippen LogP contribution in [0, 0.1) is 0 Å². The van der Waals surface area contributed by atoms with Gasteiger partial charge in [-0.2, -0.15) is 0 Å². The van der Waals surface area contributed by atoms with E-state index in [1.165, 1.54) is 16.8 Å². The SMILES string of the molecule is CC1Oc2ccc(NC(=O)NCc3ccc(CN4CCc5ccccc54)cc3)cc2NC1=O. The highest BCUT2D eigenvalue weighted by molar-refractivity contribution is 5.99. The summed E-state index contributed by atoms with van der Waals surface area (Å²) in [4.78, 5) is 26.5. The van der Waals surface area contributed by atoms with Crippen LogP contribution in [0.4, 0.5) is 21.9 Å². The second-order valence-corrected chi connectivity index (χ2v) is 8.38. The zero-order chi connectivity index (χ0) is 22.8. The Kier molecular flexibility index (Phi) is 5.60. The first-order valence-corrected chi connectivity index (χ1v) is 11.1. The molecule has 1 unspecified atom stereocenters. The lowest BCUT2D eigenvalue weighted by Crippen LogP contribution is -2.34. The highest BCUT2D eigenvalue weighted by atomic mass is 16.5. The van der Waals surface area contributed by atoms with Gasteiger partial charge >= 0.3 is 6.03 Å². The van der Waals surface area contributed by atoms with E-state index in [1.807, 2.05) is 12.1 Å². The molecule has 2 aliphatic rings. The zero-order valence-electron chi connectivity index (χ0n) is 18.4. The summed E-state index contributed by atoms with van der Waals surface area (Å²) in [6.45, 7) is 4.03. The summed E-state index contributed by atoms with van der Waals surface area (Å²) >= 11 is 0. The first kappa shape index (κ1) is 20.9. The molecule has 3 amide bonds. The second kappa shape index (κ2) is 8.86. The first-order valence-electron chi connectivity index (χ1n) is 11.1. The number of para-hydroxylation sites is 1. The molecule has 0 aliphatic carbocycles. The predicted molar refractivity (Wildman–Crippen MR) is 129 cm³/mol. The molecular weight excluding hydrogens is 416 g/mol. The molecule has 0 bridgehead atoms. The molecule has 0 saturated carbocycles. The van der Waals surface area contributed by atoms with Gasteiger partial charge in [0.1, 0.15) is 5.75 Å². The molecule has 1 atom stereocenters. The number of nitrogens with one attached hydrogen (secondary N) is 3. The maximum Gasteiger partial charge on any atom is 0.319 e. The standard InChI is InChI=1S/C26H26N4O3/c1-17-25(31)29-22-14-21(10-11-24(22)33-17)28-26(32)27-15-18-6-8-19(9-7-18)16-30-13-12-20-4-2-3-5-23(20)30/h2-11,14,17H,12-13,15-16H2,1H3,(H,29,31)(H2,27,28,32). The van der Waals surface area contributed by atoms with Gasteiger partial charge in [0.05, 0.1) is 5.69 Å². The summed E-state index contributed by atoms with van der Waals surface area (Å²) in [5.74, 6) is 0.382. The minimum Gasteiger partial charge on any atom is -0.479 e. The van der Waals surface area contributed by atoms with E-state index in [9.17, 15) is 9.59 Å². The molecule has 0 aromatic heterocycles. The van der Waals surface area contributed by atoms with E-state index in [2.05, 4.69) is 57.2 Å². The van der Waals surface area contributed by atoms with E-state index >= 15 is 0 Å². The number of ether oxygens (including phenoxy) is 1. The molecule has 2 heterocycles. The largest absolute Gasteiger partial charge is 0.479 e. The number of nitrogens with zero attached hydrogens (tertiary/aromatic N) is 1. The maximum absolute atomic E-state index is 12.3. The average molecular weight is 443 g/mol. The third-order valence-electron chi connectivity index (χ3n) is 6.00. The number of urea groups is 1. The van der Waals surface area contributed by atoms with Crippen molar-refractivity contribution in [2.75, 3.05) is 22.1 Å². The van der Waals surface area contributed by atoms with Gasteiger partial charge in [0.2, 0.25) is 0 Å². The molecule has 0 saturated heterocycles. The number of rotatable bonds is 5. The summed E-state index contributed by atoms with van der Waals surface area (Å²) in [7, 11) is 0. The molecule has 7 nitrogen and oxygen atoms in total. The van der Waals surface area contributed by atoms with E-state index < -0.39 is 6.10 Å². The summed E-state index contributed by atoms with van der Waals surface area (Å²) in [6, 6.07) is 21.7. The lowest BCUT2D eigenvalue weighted by molar-refractivity contribution is -0.122. The summed E-state index contributed by atoms with van der Waals surface area (Å²) in [6.07, 6.45) is 0.563. The molecule has 33 heavy (non-hydrogen) atoms. The average Bonchev–Trinajstić information content (AvgIpc) is 3.22. The Bertz CT molecular complexity index is 1190. The van der Waals surface area contributed by atoms with Crippen LogP contribution in [0.2, 0.25) is 0 Å². The van der Waals surface area contributed by atoms with Crippen LogP contribution in [0.5, 0.6) is 5.75 Å². The number of hydrogen-bond acceptors (Lipinski definition) is 4. The van der Waals surface area contributed by atoms with Gasteiger partial charge in [-0.15, -0.1) is 0 Å². The fourth-order valence-corrected chi connectivity index (χ4v) is 4.20. The van der Waals surface area contributed by atoms with Gasteiger partial charge in [-0.3, -0.25) is 4.79 Å². The Morgan fingerprint density at radius 2 is 1.88 bits per heavy atom. The van der Waals surface area contributed by atoms with Crippen LogP contribution >= 0.6 is 0 Å². The van der Waals surface area contributed by atoms with Crippen molar-refractivity contribution >= 4 is 29.0 Å².